The Bertz CT molecular complexity index is 244. The summed E-state index contributed by atoms with van der Waals surface area (Å²) in [5.74, 6) is 0.324. The van der Waals surface area contributed by atoms with Crippen LogP contribution in [-0.4, -0.2) is 5.67 Å². The molecule has 2 unspecified atom stereocenters. The van der Waals surface area contributed by atoms with Gasteiger partial charge in [-0.15, -0.1) is 0 Å². The van der Waals surface area contributed by atoms with E-state index in [0.29, 0.717) is 5.92 Å². The summed E-state index contributed by atoms with van der Waals surface area (Å²) >= 11 is 0. The molecule has 80 valence electrons. The maximum Gasteiger partial charge on any atom is 0.144 e. The molecule has 0 aliphatic heterocycles. The Morgan fingerprint density at radius 3 is 2.43 bits per heavy atom. The second-order valence-electron chi connectivity index (χ2n) is 3.61. The van der Waals surface area contributed by atoms with E-state index in [4.69, 9.17) is 0 Å². The first kappa shape index (κ1) is 13.2. The van der Waals surface area contributed by atoms with Crippen molar-refractivity contribution in [3.8, 4) is 0 Å². The van der Waals surface area contributed by atoms with Gasteiger partial charge in [0, 0.05) is 0 Å². The number of allylic oxidation sites excluding steroid dienone is 6. The van der Waals surface area contributed by atoms with Gasteiger partial charge in [-0.1, -0.05) is 44.6 Å². The highest BCUT2D eigenvalue weighted by molar-refractivity contribution is 5.27. The molecule has 2 atom stereocenters. The van der Waals surface area contributed by atoms with Gasteiger partial charge in [0.15, 0.2) is 0 Å². The largest absolute Gasteiger partial charge is 0.235 e. The summed E-state index contributed by atoms with van der Waals surface area (Å²) in [5.41, 5.74) is -0.167. The molecule has 0 nitrogen and oxygen atoms in total. The van der Waals surface area contributed by atoms with E-state index in [0.717, 1.165) is 5.57 Å². The maximum atomic E-state index is 13.5. The van der Waals surface area contributed by atoms with Crippen LogP contribution in [0.4, 0.5) is 4.39 Å². The molecular formula is C13H21F. The van der Waals surface area contributed by atoms with Gasteiger partial charge >= 0.3 is 0 Å². The zero-order chi connectivity index (χ0) is 11.2. The molecule has 0 saturated carbocycles. The van der Waals surface area contributed by atoms with E-state index in [-0.39, 0.29) is 0 Å². The lowest BCUT2D eigenvalue weighted by Crippen LogP contribution is -2.11. The number of halogens is 1. The van der Waals surface area contributed by atoms with Crippen molar-refractivity contribution in [3.63, 3.8) is 0 Å². The number of hydrogen-bond acceptors (Lipinski definition) is 0. The van der Waals surface area contributed by atoms with E-state index >= 15 is 0 Å². The van der Waals surface area contributed by atoms with Gasteiger partial charge in [0.1, 0.15) is 5.67 Å². The van der Waals surface area contributed by atoms with Crippen molar-refractivity contribution in [2.24, 2.45) is 5.92 Å². The molecule has 0 bridgehead atoms. The van der Waals surface area contributed by atoms with Crippen LogP contribution >= 0.6 is 0 Å². The smallest absolute Gasteiger partial charge is 0.144 e. The fourth-order valence-electron chi connectivity index (χ4n) is 1.22. The van der Waals surface area contributed by atoms with Crippen LogP contribution < -0.4 is 0 Å². The van der Waals surface area contributed by atoms with E-state index < -0.39 is 5.67 Å². The van der Waals surface area contributed by atoms with E-state index in [2.05, 4.69) is 13.0 Å². The SMILES string of the molecule is CC.CC1=C/C(C)/C=C\C(C)(F)/C=C\1. The molecule has 0 aromatic heterocycles. The summed E-state index contributed by atoms with van der Waals surface area (Å²) in [7, 11) is 0. The molecule has 1 aliphatic rings. The third kappa shape index (κ3) is 5.00. The number of hydrogen-bond donors (Lipinski definition) is 0. The summed E-state index contributed by atoms with van der Waals surface area (Å²) in [6, 6.07) is 0. The highest BCUT2D eigenvalue weighted by Crippen LogP contribution is 2.20. The zero-order valence-corrected chi connectivity index (χ0v) is 9.84. The first-order valence-corrected chi connectivity index (χ1v) is 5.25. The van der Waals surface area contributed by atoms with Gasteiger partial charge in [-0.25, -0.2) is 4.39 Å². The second kappa shape index (κ2) is 5.79. The van der Waals surface area contributed by atoms with Crippen molar-refractivity contribution in [3.05, 3.63) is 36.0 Å². The Kier molecular flexibility index (Phi) is 5.44. The molecule has 0 saturated heterocycles. The summed E-state index contributed by atoms with van der Waals surface area (Å²) in [5, 5.41) is 0. The first-order chi connectivity index (χ1) is 6.49. The monoisotopic (exact) mass is 196 g/mol. The predicted octanol–water partition coefficient (Wildman–Crippen LogP) is 4.45. The van der Waals surface area contributed by atoms with Crippen LogP contribution in [0.1, 0.15) is 34.6 Å². The fourth-order valence-corrected chi connectivity index (χ4v) is 1.22. The van der Waals surface area contributed by atoms with Gasteiger partial charge in [-0.2, -0.15) is 0 Å². The molecule has 1 rings (SSSR count). The van der Waals surface area contributed by atoms with Crippen molar-refractivity contribution >= 4 is 0 Å². The molecular weight excluding hydrogens is 175 g/mol. The average Bonchev–Trinajstić information content (AvgIpc) is 2.14. The Labute approximate surface area is 87.2 Å². The lowest BCUT2D eigenvalue weighted by Gasteiger charge is -2.13. The van der Waals surface area contributed by atoms with Crippen LogP contribution in [-0.2, 0) is 0 Å². The van der Waals surface area contributed by atoms with E-state index in [1.165, 1.54) is 0 Å². The minimum Gasteiger partial charge on any atom is -0.235 e. The maximum absolute atomic E-state index is 13.5. The third-order valence-corrected chi connectivity index (χ3v) is 1.92. The molecule has 0 heterocycles. The standard InChI is InChI=1S/C11H15F.C2H6/c1-9-4-6-11(3,12)7-5-10(2)8-9;1-2/h4-9H,1-3H3;1-2H3/b6-4-,7-5-,10-8-;. The van der Waals surface area contributed by atoms with E-state index in [9.17, 15) is 4.39 Å². The number of rotatable bonds is 0. The summed E-state index contributed by atoms with van der Waals surface area (Å²) in [6.07, 6.45) is 9.04. The number of alkyl halides is 1. The molecule has 1 heteroatoms. The normalized spacial score (nSPS) is 39.3. The summed E-state index contributed by atoms with van der Waals surface area (Å²) < 4.78 is 13.5. The quantitative estimate of drug-likeness (QED) is 0.502. The van der Waals surface area contributed by atoms with Crippen LogP contribution in [0, 0.1) is 5.92 Å². The van der Waals surface area contributed by atoms with E-state index in [1.807, 2.05) is 32.9 Å². The van der Waals surface area contributed by atoms with Gasteiger partial charge < -0.3 is 0 Å². The highest BCUT2D eigenvalue weighted by Gasteiger charge is 2.15. The molecule has 0 spiro atoms. The van der Waals surface area contributed by atoms with Crippen LogP contribution in [0.2, 0.25) is 0 Å². The molecule has 0 fully saturated rings. The van der Waals surface area contributed by atoms with Crippen molar-refractivity contribution in [1.29, 1.82) is 0 Å². The fraction of sp³-hybridized carbons (Fsp3) is 0.538. The molecule has 0 N–H and O–H groups in total. The van der Waals surface area contributed by atoms with Crippen molar-refractivity contribution in [2.45, 2.75) is 40.3 Å². The van der Waals surface area contributed by atoms with Gasteiger partial charge in [0.05, 0.1) is 0 Å². The lowest BCUT2D eigenvalue weighted by molar-refractivity contribution is 0.326. The van der Waals surface area contributed by atoms with Crippen LogP contribution in [0.3, 0.4) is 0 Å². The van der Waals surface area contributed by atoms with Crippen LogP contribution in [0.5, 0.6) is 0 Å². The zero-order valence-electron chi connectivity index (χ0n) is 9.84. The molecule has 0 aromatic rings. The van der Waals surface area contributed by atoms with Gasteiger partial charge in [0.2, 0.25) is 0 Å². The van der Waals surface area contributed by atoms with Gasteiger partial charge in [-0.3, -0.25) is 0 Å². The topological polar surface area (TPSA) is 0 Å². The van der Waals surface area contributed by atoms with Crippen molar-refractivity contribution in [2.75, 3.05) is 0 Å². The Hall–Kier alpha value is -0.850. The van der Waals surface area contributed by atoms with Crippen LogP contribution in [0.25, 0.3) is 0 Å². The van der Waals surface area contributed by atoms with Crippen LogP contribution in [0.15, 0.2) is 36.0 Å². The van der Waals surface area contributed by atoms with Crippen molar-refractivity contribution in [1.82, 2.24) is 0 Å². The minimum atomic E-state index is -1.29. The first-order valence-electron chi connectivity index (χ1n) is 5.25. The Morgan fingerprint density at radius 2 is 1.86 bits per heavy atom. The molecule has 0 amide bonds. The predicted molar refractivity (Wildman–Crippen MR) is 62.1 cm³/mol. The minimum absolute atomic E-state index is 0.324. The van der Waals surface area contributed by atoms with Gasteiger partial charge in [0.25, 0.3) is 0 Å². The molecule has 14 heavy (non-hydrogen) atoms. The van der Waals surface area contributed by atoms with Gasteiger partial charge in [-0.05, 0) is 31.9 Å². The molecule has 1 aliphatic carbocycles. The molecule has 0 aromatic carbocycles. The average molecular weight is 196 g/mol. The summed E-state index contributed by atoms with van der Waals surface area (Å²) in [6.45, 7) is 9.60. The third-order valence-electron chi connectivity index (χ3n) is 1.92. The highest BCUT2D eigenvalue weighted by atomic mass is 19.1. The summed E-state index contributed by atoms with van der Waals surface area (Å²) in [4.78, 5) is 0. The Morgan fingerprint density at radius 1 is 1.29 bits per heavy atom. The lowest BCUT2D eigenvalue weighted by atomic mass is 9.98. The second-order valence-corrected chi connectivity index (χ2v) is 3.61. The Balaban J connectivity index is 0.000000791. The molecule has 0 radical (unpaired) electrons. The van der Waals surface area contributed by atoms with Crippen molar-refractivity contribution < 1.29 is 4.39 Å². The van der Waals surface area contributed by atoms with E-state index in [1.54, 1.807) is 19.1 Å².